The molecule has 154 valence electrons. The van der Waals surface area contributed by atoms with Crippen LogP contribution in [0, 0.1) is 17.8 Å². The van der Waals surface area contributed by atoms with E-state index < -0.39 is 17.9 Å². The fourth-order valence-corrected chi connectivity index (χ4v) is 5.52. The van der Waals surface area contributed by atoms with E-state index >= 15 is 0 Å². The second-order valence-corrected chi connectivity index (χ2v) is 8.65. The zero-order chi connectivity index (χ0) is 20.3. The average molecular weight is 398 g/mol. The maximum absolute atomic E-state index is 13.2. The number of pyridine rings is 1. The van der Waals surface area contributed by atoms with Gasteiger partial charge in [0.25, 0.3) is 5.56 Å². The molecule has 1 aromatic heterocycles. The number of amides is 1. The topological polar surface area (TPSA) is 88.8 Å². The van der Waals surface area contributed by atoms with E-state index in [9.17, 15) is 19.5 Å². The summed E-state index contributed by atoms with van der Waals surface area (Å²) in [6.45, 7) is 0.184. The van der Waals surface area contributed by atoms with Gasteiger partial charge in [0, 0.05) is 42.2 Å². The Morgan fingerprint density at radius 2 is 2.07 bits per heavy atom. The monoisotopic (exact) mass is 398 g/mol. The molecule has 4 aliphatic rings. The van der Waals surface area contributed by atoms with Crippen LogP contribution >= 0.6 is 0 Å². The fourth-order valence-electron chi connectivity index (χ4n) is 5.52. The third-order valence-corrected chi connectivity index (χ3v) is 7.09. The molecule has 0 unspecified atom stereocenters. The van der Waals surface area contributed by atoms with Gasteiger partial charge in [-0.25, -0.2) is 4.79 Å². The van der Waals surface area contributed by atoms with E-state index in [-0.39, 0.29) is 36.0 Å². The maximum Gasteiger partial charge on any atom is 0.328 e. The first-order valence-corrected chi connectivity index (χ1v) is 10.5. The lowest BCUT2D eigenvalue weighted by atomic mass is 9.88. The molecule has 0 spiro atoms. The van der Waals surface area contributed by atoms with Gasteiger partial charge in [-0.1, -0.05) is 6.08 Å². The molecule has 4 atom stereocenters. The molecule has 7 nitrogen and oxygen atoms in total. The Morgan fingerprint density at radius 1 is 1.28 bits per heavy atom. The number of nitrogens with zero attached hydrogens (tertiary/aromatic N) is 2. The number of hydrogen-bond acceptors (Lipinski definition) is 5. The van der Waals surface area contributed by atoms with Crippen molar-refractivity contribution < 1.29 is 19.4 Å². The van der Waals surface area contributed by atoms with Crippen LogP contribution in [0.25, 0.3) is 5.57 Å². The molecule has 1 N–H and O–H groups in total. The van der Waals surface area contributed by atoms with Gasteiger partial charge in [-0.2, -0.15) is 0 Å². The molecular formula is C22H26N2O5. The smallest absolute Gasteiger partial charge is 0.328 e. The number of allylic oxidation sites excluding steroid dienone is 2. The van der Waals surface area contributed by atoms with Crippen molar-refractivity contribution in [3.8, 4) is 0 Å². The number of hydrogen-bond donors (Lipinski definition) is 1. The molecule has 1 aromatic rings. The Bertz CT molecular complexity index is 960. The highest BCUT2D eigenvalue weighted by atomic mass is 16.5. The number of esters is 1. The highest BCUT2D eigenvalue weighted by Gasteiger charge is 2.59. The number of carbonyl (C=O) groups is 2. The van der Waals surface area contributed by atoms with Gasteiger partial charge >= 0.3 is 5.97 Å². The van der Waals surface area contributed by atoms with Crippen molar-refractivity contribution in [1.29, 1.82) is 0 Å². The summed E-state index contributed by atoms with van der Waals surface area (Å²) < 4.78 is 6.75. The largest absolute Gasteiger partial charge is 0.467 e. The molecule has 1 saturated carbocycles. The molecule has 3 heterocycles. The summed E-state index contributed by atoms with van der Waals surface area (Å²) in [6, 6.07) is 2.63. The lowest BCUT2D eigenvalue weighted by Gasteiger charge is -2.30. The number of aliphatic hydroxyl groups is 1. The Morgan fingerprint density at radius 3 is 2.69 bits per heavy atom. The second-order valence-electron chi connectivity index (χ2n) is 8.65. The minimum absolute atomic E-state index is 0.0322. The van der Waals surface area contributed by atoms with Gasteiger partial charge in [0.05, 0.1) is 13.2 Å². The SMILES string of the molecule is COC(=O)[C@H]1[C@H](CO)[C@H]2Cn3c(ccc(C4=CCCC4)c3=O)[C@H]2N1C(=O)C1CC1. The minimum atomic E-state index is -0.797. The van der Waals surface area contributed by atoms with Crippen molar-refractivity contribution in [3.05, 3.63) is 39.8 Å². The summed E-state index contributed by atoms with van der Waals surface area (Å²) in [4.78, 5) is 40.6. The van der Waals surface area contributed by atoms with Crippen LogP contribution in [0.2, 0.25) is 0 Å². The summed E-state index contributed by atoms with van der Waals surface area (Å²) in [6.07, 6.45) is 6.76. The van der Waals surface area contributed by atoms with Gasteiger partial charge in [-0.15, -0.1) is 0 Å². The van der Waals surface area contributed by atoms with E-state index in [1.165, 1.54) is 7.11 Å². The summed E-state index contributed by atoms with van der Waals surface area (Å²) in [5.74, 6) is -1.23. The van der Waals surface area contributed by atoms with Crippen LogP contribution in [0.5, 0.6) is 0 Å². The van der Waals surface area contributed by atoms with Gasteiger partial charge in [-0.05, 0) is 49.8 Å². The predicted molar refractivity (Wildman–Crippen MR) is 105 cm³/mol. The molecule has 0 radical (unpaired) electrons. The number of aromatic nitrogens is 1. The molecule has 0 bridgehead atoms. The molecule has 0 aromatic carbocycles. The lowest BCUT2D eigenvalue weighted by Crippen LogP contribution is -2.47. The van der Waals surface area contributed by atoms with Crippen molar-refractivity contribution in [2.75, 3.05) is 13.7 Å². The average Bonchev–Trinajstić information content (AvgIpc) is 3.17. The van der Waals surface area contributed by atoms with Crippen LogP contribution in [-0.2, 0) is 20.9 Å². The van der Waals surface area contributed by atoms with Crippen LogP contribution in [-0.4, -0.2) is 46.2 Å². The third-order valence-electron chi connectivity index (χ3n) is 7.09. The van der Waals surface area contributed by atoms with Crippen LogP contribution < -0.4 is 5.56 Å². The first-order chi connectivity index (χ1) is 14.1. The van der Waals surface area contributed by atoms with Crippen molar-refractivity contribution in [2.24, 2.45) is 17.8 Å². The lowest BCUT2D eigenvalue weighted by molar-refractivity contribution is -0.154. The van der Waals surface area contributed by atoms with E-state index in [0.29, 0.717) is 6.54 Å². The summed E-state index contributed by atoms with van der Waals surface area (Å²) in [5, 5.41) is 10.1. The third kappa shape index (κ3) is 2.70. The Kier molecular flexibility index (Phi) is 4.38. The van der Waals surface area contributed by atoms with E-state index in [0.717, 1.165) is 48.9 Å². The van der Waals surface area contributed by atoms with Gasteiger partial charge in [0.15, 0.2) is 0 Å². The van der Waals surface area contributed by atoms with Crippen molar-refractivity contribution in [2.45, 2.75) is 50.7 Å². The number of aliphatic hydroxyl groups excluding tert-OH is 1. The Labute approximate surface area is 169 Å². The molecule has 2 fully saturated rings. The number of rotatable bonds is 4. The summed E-state index contributed by atoms with van der Waals surface area (Å²) in [7, 11) is 1.31. The number of carbonyl (C=O) groups excluding carboxylic acids is 2. The number of fused-ring (bicyclic) bond motifs is 3. The van der Waals surface area contributed by atoms with Crippen LogP contribution in [0.4, 0.5) is 0 Å². The predicted octanol–water partition coefficient (Wildman–Crippen LogP) is 1.49. The van der Waals surface area contributed by atoms with E-state index in [1.54, 1.807) is 9.47 Å². The highest BCUT2D eigenvalue weighted by Crippen LogP contribution is 2.51. The summed E-state index contributed by atoms with van der Waals surface area (Å²) >= 11 is 0. The first kappa shape index (κ1) is 18.6. The molecule has 7 heteroatoms. The standard InChI is InChI=1S/C22H26N2O5/c1-29-22(28)19-16(11-25)15-10-23-17(18(15)24(19)20(26)13-6-7-13)9-8-14(21(23)27)12-4-2-3-5-12/h4,8-9,13,15-16,18-19,25H,2-3,5-7,10-11H2,1H3/t15-,16-,18+,19-/m1/s1. The minimum Gasteiger partial charge on any atom is -0.467 e. The van der Waals surface area contributed by atoms with E-state index in [4.69, 9.17) is 4.74 Å². The normalized spacial score (nSPS) is 30.1. The molecular weight excluding hydrogens is 372 g/mol. The van der Waals surface area contributed by atoms with E-state index in [2.05, 4.69) is 6.08 Å². The van der Waals surface area contributed by atoms with Crippen molar-refractivity contribution >= 4 is 17.4 Å². The van der Waals surface area contributed by atoms with Crippen molar-refractivity contribution in [3.63, 3.8) is 0 Å². The Balaban J connectivity index is 1.60. The van der Waals surface area contributed by atoms with Gasteiger partial charge < -0.3 is 19.3 Å². The molecule has 1 amide bonds. The zero-order valence-corrected chi connectivity index (χ0v) is 16.5. The van der Waals surface area contributed by atoms with Crippen LogP contribution in [0.1, 0.15) is 49.4 Å². The van der Waals surface area contributed by atoms with Crippen LogP contribution in [0.15, 0.2) is 23.0 Å². The maximum atomic E-state index is 13.2. The molecule has 2 aliphatic carbocycles. The summed E-state index contributed by atoms with van der Waals surface area (Å²) in [5.41, 5.74) is 2.56. The molecule has 1 saturated heterocycles. The number of likely N-dealkylation sites (tertiary alicyclic amines) is 1. The Hall–Kier alpha value is -2.41. The molecule has 29 heavy (non-hydrogen) atoms. The quantitative estimate of drug-likeness (QED) is 0.777. The molecule has 5 rings (SSSR count). The molecule has 2 aliphatic heterocycles. The van der Waals surface area contributed by atoms with Gasteiger partial charge in [-0.3, -0.25) is 9.59 Å². The van der Waals surface area contributed by atoms with Gasteiger partial charge in [0.2, 0.25) is 5.91 Å². The number of ether oxygens (including phenoxy) is 1. The fraction of sp³-hybridized carbons (Fsp3) is 0.591. The number of methoxy groups -OCH3 is 1. The first-order valence-electron chi connectivity index (χ1n) is 10.5. The zero-order valence-electron chi connectivity index (χ0n) is 16.5. The van der Waals surface area contributed by atoms with E-state index in [1.807, 2.05) is 12.1 Å². The second kappa shape index (κ2) is 6.83. The van der Waals surface area contributed by atoms with Crippen molar-refractivity contribution in [1.82, 2.24) is 9.47 Å². The van der Waals surface area contributed by atoms with Gasteiger partial charge in [0.1, 0.15) is 6.04 Å². The highest BCUT2D eigenvalue weighted by molar-refractivity contribution is 5.88. The van der Waals surface area contributed by atoms with Crippen LogP contribution in [0.3, 0.4) is 0 Å².